The summed E-state index contributed by atoms with van der Waals surface area (Å²) in [4.78, 5) is 1.63. The Morgan fingerprint density at radius 1 is 0.944 bits per heavy atom. The zero-order valence-corrected chi connectivity index (χ0v) is 28.1. The molecule has 7 rings (SSSR count). The van der Waals surface area contributed by atoms with Gasteiger partial charge in [0, 0.05) is 10.4 Å². The van der Waals surface area contributed by atoms with Gasteiger partial charge in [0.25, 0.3) is 0 Å². The minimum atomic E-state index is -0.972. The molecule has 2 aromatic carbocycles. The zero-order chi connectivity index (χ0) is 24.4. The summed E-state index contributed by atoms with van der Waals surface area (Å²) in [5.74, 6) is 0. The number of allylic oxidation sites excluding steroid dienone is 2. The van der Waals surface area contributed by atoms with Crippen molar-refractivity contribution >= 4 is 30.7 Å². The van der Waals surface area contributed by atoms with Gasteiger partial charge in [0.15, 0.2) is 0 Å². The second kappa shape index (κ2) is 10.8. The van der Waals surface area contributed by atoms with Gasteiger partial charge in [-0.05, 0) is 29.1 Å². The normalized spacial score (nSPS) is 20.2. The van der Waals surface area contributed by atoms with Crippen LogP contribution in [0, 0.1) is 0 Å². The molecule has 2 aliphatic heterocycles. The Morgan fingerprint density at radius 3 is 2.17 bits per heavy atom. The summed E-state index contributed by atoms with van der Waals surface area (Å²) in [6, 6.07) is 18.3. The maximum Gasteiger partial charge on any atom is -1.00 e. The Labute approximate surface area is 250 Å². The third-order valence-corrected chi connectivity index (χ3v) is 15.0. The van der Waals surface area contributed by atoms with Gasteiger partial charge in [-0.25, -0.2) is 0 Å². The molecular formula is C31H35Cl2SSiZr. The Hall–Kier alpha value is -0.700. The van der Waals surface area contributed by atoms with E-state index in [2.05, 4.69) is 108 Å². The van der Waals surface area contributed by atoms with Crippen molar-refractivity contribution in [2.75, 3.05) is 0 Å². The fraction of sp³-hybridized carbons (Fsp3) is 0.355. The van der Waals surface area contributed by atoms with Crippen molar-refractivity contribution < 1.29 is 49.5 Å². The maximum atomic E-state index is 2.51. The smallest absolute Gasteiger partial charge is 1.00 e. The van der Waals surface area contributed by atoms with E-state index in [1.54, 1.807) is 51.5 Å². The molecule has 3 aromatic rings. The molecule has 0 fully saturated rings. The zero-order valence-electron chi connectivity index (χ0n) is 22.3. The summed E-state index contributed by atoms with van der Waals surface area (Å²) >= 11 is 3.55. The average molecular weight is 630 g/mol. The van der Waals surface area contributed by atoms with Crippen LogP contribution in [-0.2, 0) is 30.1 Å². The molecule has 2 bridgehead atoms. The van der Waals surface area contributed by atoms with E-state index in [0.717, 1.165) is 12.0 Å². The first-order chi connectivity index (χ1) is 16.1. The van der Waals surface area contributed by atoms with Gasteiger partial charge >= 0.3 is 150 Å². The van der Waals surface area contributed by atoms with Gasteiger partial charge in [0.1, 0.15) is 0 Å². The number of hydrogen-bond donors (Lipinski definition) is 0. The van der Waals surface area contributed by atoms with Crippen LogP contribution in [0.4, 0.5) is 0 Å². The van der Waals surface area contributed by atoms with E-state index in [9.17, 15) is 0 Å². The second-order valence-corrected chi connectivity index (χ2v) is 18.4. The van der Waals surface area contributed by atoms with E-state index in [0.29, 0.717) is 3.63 Å². The fourth-order valence-corrected chi connectivity index (χ4v) is 13.8. The van der Waals surface area contributed by atoms with Crippen LogP contribution in [0.25, 0.3) is 22.4 Å². The van der Waals surface area contributed by atoms with Gasteiger partial charge < -0.3 is 24.8 Å². The van der Waals surface area contributed by atoms with E-state index >= 15 is 0 Å². The van der Waals surface area contributed by atoms with Crippen molar-refractivity contribution in [3.63, 3.8) is 0 Å². The van der Waals surface area contributed by atoms with Crippen molar-refractivity contribution in [2.24, 2.45) is 0 Å². The number of thiophene rings is 1. The quantitative estimate of drug-likeness (QED) is 0.381. The SMILES string of the molecule is CC1=C2c3sccc3C1[Si]2(C)C.CCC1=Cc2c(-c3ccc(C(C)(C)C)cc3)cccc2[CH]1[Zr+2].[Cl-].[Cl-]. The average Bonchev–Trinajstić information content (AvgIpc) is 3.49. The Bertz CT molecular complexity index is 1330. The first-order valence-electron chi connectivity index (χ1n) is 12.5. The molecule has 0 saturated carbocycles. The molecule has 4 aliphatic rings. The van der Waals surface area contributed by atoms with E-state index in [1.165, 1.54) is 27.8 Å². The van der Waals surface area contributed by atoms with E-state index in [1.807, 2.05) is 11.3 Å². The first-order valence-corrected chi connectivity index (χ1v) is 17.9. The second-order valence-electron chi connectivity index (χ2n) is 11.6. The molecule has 36 heavy (non-hydrogen) atoms. The van der Waals surface area contributed by atoms with Crippen LogP contribution in [-0.4, -0.2) is 8.07 Å². The summed E-state index contributed by atoms with van der Waals surface area (Å²) in [6.07, 6.45) is 3.59. The topological polar surface area (TPSA) is 0 Å². The van der Waals surface area contributed by atoms with Crippen LogP contribution in [0.5, 0.6) is 0 Å². The maximum absolute atomic E-state index is 2.51. The predicted octanol–water partition coefficient (Wildman–Crippen LogP) is 3.47. The van der Waals surface area contributed by atoms with Gasteiger partial charge in [-0.3, -0.25) is 0 Å². The number of benzene rings is 2. The standard InChI is InChI=1S/C21H23.C10H12SSi.2ClH.Zr/c1-5-15-13-17-7-6-8-19(20(17)14-15)16-9-11-18(12-10-16)21(2,3)4;1-6-9-7-4-5-11-8(7)10(6)12(9,2)3;;;/h6-14H,5H2,1-4H3;4-5,9H,1-3H3;2*1H;/q;;;;+2/p-2. The van der Waals surface area contributed by atoms with Crippen molar-refractivity contribution in [2.45, 2.75) is 68.7 Å². The summed E-state index contributed by atoms with van der Waals surface area (Å²) < 4.78 is 0.654. The summed E-state index contributed by atoms with van der Waals surface area (Å²) in [5, 5.41) is 4.02. The molecule has 2 unspecified atom stereocenters. The van der Waals surface area contributed by atoms with Crippen LogP contribution >= 0.6 is 11.3 Å². The van der Waals surface area contributed by atoms with E-state index in [4.69, 9.17) is 0 Å². The Kier molecular flexibility index (Phi) is 8.97. The third kappa shape index (κ3) is 4.77. The van der Waals surface area contributed by atoms with Crippen molar-refractivity contribution in [3.8, 4) is 11.1 Å². The third-order valence-electron chi connectivity index (χ3n) is 8.05. The van der Waals surface area contributed by atoms with Crippen LogP contribution in [0.2, 0.25) is 13.1 Å². The molecular weight excluding hydrogens is 595 g/mol. The van der Waals surface area contributed by atoms with Crippen molar-refractivity contribution in [3.05, 3.63) is 92.2 Å². The summed E-state index contributed by atoms with van der Waals surface area (Å²) in [6.45, 7) is 16.4. The molecule has 0 nitrogen and oxygen atoms in total. The summed E-state index contributed by atoms with van der Waals surface area (Å²) in [5.41, 5.74) is 13.1. The molecule has 5 heteroatoms. The molecule has 0 amide bonds. The van der Waals surface area contributed by atoms with Gasteiger partial charge in [0.05, 0.1) is 8.07 Å². The molecule has 0 radical (unpaired) electrons. The number of halogens is 2. The van der Waals surface area contributed by atoms with Crippen LogP contribution in [0.1, 0.15) is 77.3 Å². The van der Waals surface area contributed by atoms with Gasteiger partial charge in [-0.1, -0.05) is 18.7 Å². The fourth-order valence-electron chi connectivity index (χ4n) is 6.28. The Balaban J connectivity index is 0.000000218. The largest absolute Gasteiger partial charge is 1.00 e. The predicted molar refractivity (Wildman–Crippen MR) is 149 cm³/mol. The van der Waals surface area contributed by atoms with Gasteiger partial charge in [-0.15, -0.1) is 11.3 Å². The van der Waals surface area contributed by atoms with Crippen molar-refractivity contribution in [1.29, 1.82) is 0 Å². The molecule has 2 atom stereocenters. The monoisotopic (exact) mass is 627 g/mol. The van der Waals surface area contributed by atoms with Crippen molar-refractivity contribution in [1.82, 2.24) is 0 Å². The van der Waals surface area contributed by atoms with Crippen LogP contribution in [0.15, 0.2) is 65.1 Å². The molecule has 3 heterocycles. The molecule has 0 N–H and O–H groups in total. The van der Waals surface area contributed by atoms with Gasteiger partial charge in [-0.2, -0.15) is 0 Å². The minimum absolute atomic E-state index is 0. The molecule has 2 aliphatic carbocycles. The first kappa shape index (κ1) is 29.9. The summed E-state index contributed by atoms with van der Waals surface area (Å²) in [7, 11) is -0.972. The minimum Gasteiger partial charge on any atom is -1.00 e. The van der Waals surface area contributed by atoms with E-state index < -0.39 is 8.07 Å². The molecule has 0 saturated heterocycles. The van der Waals surface area contributed by atoms with Gasteiger partial charge in [0.2, 0.25) is 0 Å². The number of hydrogen-bond acceptors (Lipinski definition) is 1. The molecule has 1 aromatic heterocycles. The number of fused-ring (bicyclic) bond motifs is 1. The van der Waals surface area contributed by atoms with E-state index in [-0.39, 0.29) is 30.2 Å². The molecule has 187 valence electrons. The number of rotatable bonds is 2. The Morgan fingerprint density at radius 2 is 1.61 bits per heavy atom. The van der Waals surface area contributed by atoms with Crippen LogP contribution in [0.3, 0.4) is 0 Å². The molecule has 0 spiro atoms. The van der Waals surface area contributed by atoms with Crippen LogP contribution < -0.4 is 24.8 Å².